The van der Waals surface area contributed by atoms with Gasteiger partial charge in [0.2, 0.25) is 0 Å². The Morgan fingerprint density at radius 2 is 1.75 bits per heavy atom. The molecule has 0 heterocycles. The Balaban J connectivity index is 1.92. The summed E-state index contributed by atoms with van der Waals surface area (Å²) in [6.07, 6.45) is 0. The Bertz CT molecular complexity index is 717. The predicted octanol–water partition coefficient (Wildman–Crippen LogP) is 1.73. The molecule has 2 aromatic rings. The highest BCUT2D eigenvalue weighted by Gasteiger charge is 2.07. The summed E-state index contributed by atoms with van der Waals surface area (Å²) in [6.45, 7) is 1.57. The van der Waals surface area contributed by atoms with E-state index in [-0.39, 0.29) is 5.69 Å². The van der Waals surface area contributed by atoms with Gasteiger partial charge in [0, 0.05) is 29.9 Å². The molecule has 2 rings (SSSR count). The van der Waals surface area contributed by atoms with E-state index < -0.39 is 4.92 Å². The standard InChI is InChI=1S/C17H20N4O2S/c1-20(2)12-14-6-4-3-5-13(14)11-18-17(24)19-15-7-9-16(10-8-15)21(22)23/h3-10H,11-12H2,1-2H3,(H2,18,19,24)/p+1. The molecule has 24 heavy (non-hydrogen) atoms. The lowest BCUT2D eigenvalue weighted by Crippen LogP contribution is -3.04. The first kappa shape index (κ1) is 17.8. The number of anilines is 1. The lowest BCUT2D eigenvalue weighted by atomic mass is 10.1. The normalized spacial score (nSPS) is 10.5. The van der Waals surface area contributed by atoms with Crippen molar-refractivity contribution in [3.8, 4) is 0 Å². The van der Waals surface area contributed by atoms with Crippen LogP contribution in [-0.2, 0) is 13.1 Å². The Kier molecular flexibility index (Phi) is 6.22. The fourth-order valence-corrected chi connectivity index (χ4v) is 2.49. The second kappa shape index (κ2) is 8.37. The van der Waals surface area contributed by atoms with Crippen molar-refractivity contribution in [3.63, 3.8) is 0 Å². The second-order valence-corrected chi connectivity index (χ2v) is 6.17. The van der Waals surface area contributed by atoms with Gasteiger partial charge in [0.1, 0.15) is 6.54 Å². The van der Waals surface area contributed by atoms with E-state index in [1.54, 1.807) is 12.1 Å². The molecule has 7 heteroatoms. The molecule has 0 amide bonds. The van der Waals surface area contributed by atoms with Crippen LogP contribution >= 0.6 is 12.2 Å². The van der Waals surface area contributed by atoms with Crippen LogP contribution in [0.25, 0.3) is 0 Å². The SMILES string of the molecule is C[NH+](C)Cc1ccccc1CNC(=S)Nc1ccc([N+](=O)[O-])cc1. The van der Waals surface area contributed by atoms with Crippen molar-refractivity contribution in [2.75, 3.05) is 19.4 Å². The smallest absolute Gasteiger partial charge is 0.269 e. The number of non-ortho nitro benzene ring substituents is 1. The van der Waals surface area contributed by atoms with Gasteiger partial charge in [0.15, 0.2) is 5.11 Å². The molecule has 0 saturated carbocycles. The maximum Gasteiger partial charge on any atom is 0.269 e. The Hall–Kier alpha value is -2.51. The number of quaternary nitrogens is 1. The molecule has 0 atom stereocenters. The molecule has 126 valence electrons. The van der Waals surface area contributed by atoms with Gasteiger partial charge in [-0.25, -0.2) is 0 Å². The van der Waals surface area contributed by atoms with Crippen molar-refractivity contribution in [1.82, 2.24) is 5.32 Å². The number of thiocarbonyl (C=S) groups is 1. The highest BCUT2D eigenvalue weighted by Crippen LogP contribution is 2.15. The summed E-state index contributed by atoms with van der Waals surface area (Å²) in [4.78, 5) is 11.6. The number of hydrogen-bond donors (Lipinski definition) is 3. The molecule has 0 spiro atoms. The van der Waals surface area contributed by atoms with Crippen LogP contribution in [0.15, 0.2) is 48.5 Å². The van der Waals surface area contributed by atoms with Gasteiger partial charge in [0.05, 0.1) is 19.0 Å². The zero-order chi connectivity index (χ0) is 17.5. The number of hydrogen-bond acceptors (Lipinski definition) is 3. The number of nitrogens with one attached hydrogen (secondary N) is 3. The van der Waals surface area contributed by atoms with Crippen LogP contribution in [0, 0.1) is 10.1 Å². The molecule has 0 aliphatic heterocycles. The number of benzene rings is 2. The first-order valence-electron chi connectivity index (χ1n) is 7.61. The first-order valence-corrected chi connectivity index (χ1v) is 8.01. The molecule has 0 bridgehead atoms. The monoisotopic (exact) mass is 345 g/mol. The third-order valence-corrected chi connectivity index (χ3v) is 3.68. The molecule has 0 aromatic heterocycles. The average Bonchev–Trinajstić information content (AvgIpc) is 2.54. The quantitative estimate of drug-likeness (QED) is 0.422. The van der Waals surface area contributed by atoms with Gasteiger partial charge in [-0.2, -0.15) is 0 Å². The number of nitro groups is 1. The van der Waals surface area contributed by atoms with Gasteiger partial charge in [-0.05, 0) is 29.9 Å². The number of nitro benzene ring substituents is 1. The molecule has 2 aromatic carbocycles. The molecule has 0 radical (unpaired) electrons. The van der Waals surface area contributed by atoms with Crippen molar-refractivity contribution in [2.24, 2.45) is 0 Å². The zero-order valence-corrected chi connectivity index (χ0v) is 14.5. The topological polar surface area (TPSA) is 71.6 Å². The molecular weight excluding hydrogens is 324 g/mol. The van der Waals surface area contributed by atoms with E-state index in [1.807, 2.05) is 12.1 Å². The van der Waals surface area contributed by atoms with E-state index in [2.05, 4.69) is 36.9 Å². The third kappa shape index (κ3) is 5.29. The van der Waals surface area contributed by atoms with Crippen LogP contribution < -0.4 is 15.5 Å². The minimum atomic E-state index is -0.427. The predicted molar refractivity (Wildman–Crippen MR) is 99.1 cm³/mol. The van der Waals surface area contributed by atoms with E-state index in [9.17, 15) is 10.1 Å². The van der Waals surface area contributed by atoms with E-state index in [1.165, 1.54) is 28.2 Å². The van der Waals surface area contributed by atoms with E-state index in [4.69, 9.17) is 12.2 Å². The summed E-state index contributed by atoms with van der Waals surface area (Å²) in [5.74, 6) is 0. The molecule has 3 N–H and O–H groups in total. The summed E-state index contributed by atoms with van der Waals surface area (Å²) < 4.78 is 0. The average molecular weight is 345 g/mol. The van der Waals surface area contributed by atoms with Gasteiger partial charge in [0.25, 0.3) is 5.69 Å². The van der Waals surface area contributed by atoms with Crippen molar-refractivity contribution >= 4 is 28.7 Å². The minimum Gasteiger partial charge on any atom is -0.358 e. The van der Waals surface area contributed by atoms with Gasteiger partial charge < -0.3 is 15.5 Å². The highest BCUT2D eigenvalue weighted by atomic mass is 32.1. The van der Waals surface area contributed by atoms with Crippen LogP contribution in [0.4, 0.5) is 11.4 Å². The van der Waals surface area contributed by atoms with Crippen molar-refractivity contribution in [2.45, 2.75) is 13.1 Å². The van der Waals surface area contributed by atoms with Crippen molar-refractivity contribution in [1.29, 1.82) is 0 Å². The first-order chi connectivity index (χ1) is 11.5. The van der Waals surface area contributed by atoms with Crippen molar-refractivity contribution in [3.05, 3.63) is 69.8 Å². The maximum atomic E-state index is 10.6. The second-order valence-electron chi connectivity index (χ2n) is 5.76. The van der Waals surface area contributed by atoms with Crippen LogP contribution in [0.1, 0.15) is 11.1 Å². The minimum absolute atomic E-state index is 0.0551. The maximum absolute atomic E-state index is 10.6. The van der Waals surface area contributed by atoms with Crippen LogP contribution in [0.5, 0.6) is 0 Å². The summed E-state index contributed by atoms with van der Waals surface area (Å²) in [7, 11) is 4.23. The summed E-state index contributed by atoms with van der Waals surface area (Å²) in [5.41, 5.74) is 3.25. The van der Waals surface area contributed by atoms with Crippen LogP contribution in [0.3, 0.4) is 0 Å². The molecule has 0 aliphatic rings. The zero-order valence-electron chi connectivity index (χ0n) is 13.7. The van der Waals surface area contributed by atoms with E-state index in [0.717, 1.165) is 6.54 Å². The lowest BCUT2D eigenvalue weighted by Gasteiger charge is -2.14. The van der Waals surface area contributed by atoms with Crippen LogP contribution in [0.2, 0.25) is 0 Å². The fourth-order valence-electron chi connectivity index (χ4n) is 2.30. The number of nitrogens with zero attached hydrogens (tertiary/aromatic N) is 1. The summed E-state index contributed by atoms with van der Waals surface area (Å²) >= 11 is 5.29. The summed E-state index contributed by atoms with van der Waals surface area (Å²) in [6, 6.07) is 14.4. The molecule has 0 unspecified atom stereocenters. The Labute approximate surface area is 146 Å². The Morgan fingerprint density at radius 1 is 1.12 bits per heavy atom. The van der Waals surface area contributed by atoms with Gasteiger partial charge in [-0.1, -0.05) is 24.3 Å². The highest BCUT2D eigenvalue weighted by molar-refractivity contribution is 7.80. The third-order valence-electron chi connectivity index (χ3n) is 3.44. The summed E-state index contributed by atoms with van der Waals surface area (Å²) in [5, 5.41) is 17.3. The van der Waals surface area contributed by atoms with Gasteiger partial charge >= 0.3 is 0 Å². The molecule has 0 saturated heterocycles. The molecule has 6 nitrogen and oxygen atoms in total. The van der Waals surface area contributed by atoms with E-state index >= 15 is 0 Å². The van der Waals surface area contributed by atoms with Gasteiger partial charge in [-0.3, -0.25) is 10.1 Å². The largest absolute Gasteiger partial charge is 0.358 e. The lowest BCUT2D eigenvalue weighted by molar-refractivity contribution is -0.872. The molecular formula is C17H21N4O2S+. The van der Waals surface area contributed by atoms with Crippen LogP contribution in [-0.4, -0.2) is 24.1 Å². The fraction of sp³-hybridized carbons (Fsp3) is 0.235. The number of rotatable bonds is 6. The Morgan fingerprint density at radius 3 is 2.33 bits per heavy atom. The molecule has 0 fully saturated rings. The van der Waals surface area contributed by atoms with Gasteiger partial charge in [-0.15, -0.1) is 0 Å². The van der Waals surface area contributed by atoms with E-state index in [0.29, 0.717) is 17.3 Å². The molecule has 0 aliphatic carbocycles. The van der Waals surface area contributed by atoms with Crippen molar-refractivity contribution < 1.29 is 9.82 Å².